The molecule has 2 fully saturated rings. The Balaban J connectivity index is 1.79. The van der Waals surface area contributed by atoms with Gasteiger partial charge in [0.05, 0.1) is 12.0 Å². The van der Waals surface area contributed by atoms with Crippen LogP contribution >= 0.6 is 0 Å². The van der Waals surface area contributed by atoms with Crippen LogP contribution in [-0.4, -0.2) is 66.5 Å². The van der Waals surface area contributed by atoms with E-state index >= 15 is 0 Å². The van der Waals surface area contributed by atoms with Crippen molar-refractivity contribution in [3.8, 4) is 0 Å². The molecule has 0 saturated carbocycles. The van der Waals surface area contributed by atoms with E-state index in [4.69, 9.17) is 4.74 Å². The Morgan fingerprint density at radius 3 is 2.73 bits per heavy atom. The summed E-state index contributed by atoms with van der Waals surface area (Å²) in [5, 5.41) is 0. The van der Waals surface area contributed by atoms with E-state index in [1.807, 2.05) is 4.90 Å². The summed E-state index contributed by atoms with van der Waals surface area (Å²) in [6.07, 6.45) is 2.38. The van der Waals surface area contributed by atoms with Crippen LogP contribution in [0.1, 0.15) is 40.9 Å². The Bertz CT molecular complexity index is 773. The Labute approximate surface area is 153 Å². The van der Waals surface area contributed by atoms with E-state index in [1.165, 1.54) is 0 Å². The lowest BCUT2D eigenvalue weighted by Crippen LogP contribution is -2.51. The molecule has 1 spiro atoms. The van der Waals surface area contributed by atoms with Crippen molar-refractivity contribution in [2.75, 3.05) is 39.9 Å². The van der Waals surface area contributed by atoms with E-state index in [2.05, 4.69) is 4.98 Å². The molecule has 0 unspecified atom stereocenters. The van der Waals surface area contributed by atoms with Gasteiger partial charge in [-0.05, 0) is 44.7 Å². The first-order valence-electron chi connectivity index (χ1n) is 9.16. The van der Waals surface area contributed by atoms with Gasteiger partial charge < -0.3 is 19.5 Å². The first kappa shape index (κ1) is 18.6. The molecule has 7 heteroatoms. The van der Waals surface area contributed by atoms with Crippen molar-refractivity contribution in [2.24, 2.45) is 5.41 Å². The Kier molecular flexibility index (Phi) is 5.18. The molecule has 0 radical (unpaired) electrons. The second-order valence-electron chi connectivity index (χ2n) is 7.49. The average Bonchev–Trinajstić information content (AvgIpc) is 3.00. The number of rotatable bonds is 4. The first-order chi connectivity index (χ1) is 12.4. The number of nitrogens with zero attached hydrogens (tertiary/aromatic N) is 2. The maximum atomic E-state index is 13.0. The highest BCUT2D eigenvalue weighted by Crippen LogP contribution is 2.40. The van der Waals surface area contributed by atoms with Gasteiger partial charge in [0.2, 0.25) is 5.91 Å². The molecule has 142 valence electrons. The van der Waals surface area contributed by atoms with Crippen molar-refractivity contribution in [3.63, 3.8) is 0 Å². The van der Waals surface area contributed by atoms with Crippen molar-refractivity contribution in [3.05, 3.63) is 33.2 Å². The van der Waals surface area contributed by atoms with E-state index in [1.54, 1.807) is 31.9 Å². The lowest BCUT2D eigenvalue weighted by molar-refractivity contribution is -0.146. The van der Waals surface area contributed by atoms with Gasteiger partial charge in [-0.3, -0.25) is 14.4 Å². The molecule has 3 rings (SSSR count). The fourth-order valence-electron chi connectivity index (χ4n) is 4.27. The summed E-state index contributed by atoms with van der Waals surface area (Å²) in [5.74, 6) is -0.159. The zero-order valence-corrected chi connectivity index (χ0v) is 15.8. The molecule has 3 heterocycles. The monoisotopic (exact) mass is 361 g/mol. The van der Waals surface area contributed by atoms with E-state index in [-0.39, 0.29) is 22.9 Å². The van der Waals surface area contributed by atoms with Gasteiger partial charge >= 0.3 is 0 Å². The summed E-state index contributed by atoms with van der Waals surface area (Å²) in [7, 11) is 1.63. The predicted octanol–water partition coefficient (Wildman–Crippen LogP) is 1.09. The van der Waals surface area contributed by atoms with E-state index < -0.39 is 5.41 Å². The number of carbonyl (C=O) groups is 2. The Morgan fingerprint density at radius 1 is 1.27 bits per heavy atom. The molecule has 7 nitrogen and oxygen atoms in total. The number of ether oxygens (including phenoxy) is 1. The number of likely N-dealkylation sites (tertiary alicyclic amines) is 2. The smallest absolute Gasteiger partial charge is 0.261 e. The van der Waals surface area contributed by atoms with Crippen molar-refractivity contribution in [1.82, 2.24) is 14.8 Å². The SMILES string of the molecule is COCCN1CCC[C@]2(CCN(C(=O)c3c(C)cc(C)[nH]c3=O)C2)C1=O. The van der Waals surface area contributed by atoms with Gasteiger partial charge in [-0.1, -0.05) is 0 Å². The summed E-state index contributed by atoms with van der Waals surface area (Å²) < 4.78 is 5.10. The number of pyridine rings is 1. The Morgan fingerprint density at radius 2 is 2.04 bits per heavy atom. The topological polar surface area (TPSA) is 82.7 Å². The molecule has 1 aromatic heterocycles. The number of aromatic nitrogens is 1. The summed E-state index contributed by atoms with van der Waals surface area (Å²) in [5.41, 5.74) is 0.733. The molecular formula is C19H27N3O4. The molecule has 0 bridgehead atoms. The van der Waals surface area contributed by atoms with Gasteiger partial charge in [-0.15, -0.1) is 0 Å². The number of nitrogens with one attached hydrogen (secondary N) is 1. The highest BCUT2D eigenvalue weighted by molar-refractivity contribution is 5.96. The molecule has 2 amide bonds. The maximum Gasteiger partial charge on any atom is 0.261 e. The van der Waals surface area contributed by atoms with Crippen molar-refractivity contribution >= 4 is 11.8 Å². The zero-order valence-electron chi connectivity index (χ0n) is 15.8. The van der Waals surface area contributed by atoms with E-state index in [0.29, 0.717) is 38.2 Å². The van der Waals surface area contributed by atoms with Crippen LogP contribution in [0.4, 0.5) is 0 Å². The maximum absolute atomic E-state index is 13.0. The molecule has 2 saturated heterocycles. The first-order valence-corrected chi connectivity index (χ1v) is 9.16. The molecule has 1 N–H and O–H groups in total. The van der Waals surface area contributed by atoms with Gasteiger partial charge in [-0.25, -0.2) is 0 Å². The number of hydrogen-bond acceptors (Lipinski definition) is 4. The second-order valence-corrected chi connectivity index (χ2v) is 7.49. The van der Waals surface area contributed by atoms with Gasteiger partial charge in [0, 0.05) is 39.0 Å². The van der Waals surface area contributed by atoms with E-state index in [0.717, 1.165) is 25.1 Å². The molecule has 26 heavy (non-hydrogen) atoms. The van der Waals surface area contributed by atoms with Gasteiger partial charge in [0.1, 0.15) is 5.56 Å². The molecule has 0 aromatic carbocycles. The third kappa shape index (κ3) is 3.28. The summed E-state index contributed by atoms with van der Waals surface area (Å²) >= 11 is 0. The van der Waals surface area contributed by atoms with Crippen LogP contribution < -0.4 is 5.56 Å². The lowest BCUT2D eigenvalue weighted by Gasteiger charge is -2.39. The summed E-state index contributed by atoms with van der Waals surface area (Å²) in [6.45, 7) is 6.32. The van der Waals surface area contributed by atoms with Crippen molar-refractivity contribution in [2.45, 2.75) is 33.1 Å². The number of piperidine rings is 1. The fourth-order valence-corrected chi connectivity index (χ4v) is 4.27. The third-order valence-corrected chi connectivity index (χ3v) is 5.61. The normalized spacial score (nSPS) is 23.1. The number of aryl methyl sites for hydroxylation is 2. The number of amides is 2. The predicted molar refractivity (Wildman–Crippen MR) is 97.2 cm³/mol. The number of methoxy groups -OCH3 is 1. The molecular weight excluding hydrogens is 334 g/mol. The highest BCUT2D eigenvalue weighted by atomic mass is 16.5. The lowest BCUT2D eigenvalue weighted by atomic mass is 9.78. The molecule has 1 atom stereocenters. The van der Waals surface area contributed by atoms with Crippen LogP contribution in [0.2, 0.25) is 0 Å². The number of carbonyl (C=O) groups excluding carboxylic acids is 2. The molecule has 0 aliphatic carbocycles. The minimum absolute atomic E-state index is 0.116. The summed E-state index contributed by atoms with van der Waals surface area (Å²) in [4.78, 5) is 44.4. The Hall–Kier alpha value is -2.15. The minimum Gasteiger partial charge on any atom is -0.383 e. The fraction of sp³-hybridized carbons (Fsp3) is 0.632. The average molecular weight is 361 g/mol. The van der Waals surface area contributed by atoms with Crippen LogP contribution in [0.3, 0.4) is 0 Å². The second kappa shape index (κ2) is 7.23. The van der Waals surface area contributed by atoms with Crippen LogP contribution in [0, 0.1) is 19.3 Å². The van der Waals surface area contributed by atoms with Gasteiger partial charge in [0.15, 0.2) is 0 Å². The minimum atomic E-state index is -0.507. The van der Waals surface area contributed by atoms with Gasteiger partial charge in [-0.2, -0.15) is 0 Å². The van der Waals surface area contributed by atoms with Crippen molar-refractivity contribution < 1.29 is 14.3 Å². The molecule has 2 aliphatic heterocycles. The number of aromatic amines is 1. The highest BCUT2D eigenvalue weighted by Gasteiger charge is 2.49. The zero-order chi connectivity index (χ0) is 18.9. The molecule has 2 aliphatic rings. The van der Waals surface area contributed by atoms with Crippen molar-refractivity contribution in [1.29, 1.82) is 0 Å². The number of H-pyrrole nitrogens is 1. The van der Waals surface area contributed by atoms with E-state index in [9.17, 15) is 14.4 Å². The molecule has 1 aromatic rings. The third-order valence-electron chi connectivity index (χ3n) is 5.61. The standard InChI is InChI=1S/C19H27N3O4/c1-13-11-14(2)20-16(23)15(13)17(24)22-8-6-19(12-22)5-4-7-21(18(19)25)9-10-26-3/h11H,4-10,12H2,1-3H3,(H,20,23)/t19-/m1/s1. The van der Waals surface area contributed by atoms with Crippen LogP contribution in [0.25, 0.3) is 0 Å². The van der Waals surface area contributed by atoms with Gasteiger partial charge in [0.25, 0.3) is 11.5 Å². The van der Waals surface area contributed by atoms with Crippen LogP contribution in [-0.2, 0) is 9.53 Å². The number of hydrogen-bond donors (Lipinski definition) is 1. The largest absolute Gasteiger partial charge is 0.383 e. The van der Waals surface area contributed by atoms with Crippen LogP contribution in [0.15, 0.2) is 10.9 Å². The summed E-state index contributed by atoms with van der Waals surface area (Å²) in [6, 6.07) is 1.80. The van der Waals surface area contributed by atoms with Crippen LogP contribution in [0.5, 0.6) is 0 Å². The quantitative estimate of drug-likeness (QED) is 0.870.